The lowest BCUT2D eigenvalue weighted by Gasteiger charge is -2.09. The van der Waals surface area contributed by atoms with Crippen molar-refractivity contribution in [2.45, 2.75) is 12.5 Å². The number of ether oxygens (including phenoxy) is 1. The summed E-state index contributed by atoms with van der Waals surface area (Å²) in [7, 11) is 1.62. The quantitative estimate of drug-likeness (QED) is 0.725. The van der Waals surface area contributed by atoms with Gasteiger partial charge >= 0.3 is 0 Å². The Hall–Kier alpha value is -0.670. The minimum atomic E-state index is -0.414. The Morgan fingerprint density at radius 1 is 1.38 bits per heavy atom. The topological polar surface area (TPSA) is 29.5 Å². The van der Waals surface area contributed by atoms with Gasteiger partial charge in [0, 0.05) is 0 Å². The summed E-state index contributed by atoms with van der Waals surface area (Å²) in [6.07, 6.45) is 0.263. The molecule has 0 radical (unpaired) electrons. The second-order valence-electron chi connectivity index (χ2n) is 2.80. The molecule has 1 unspecified atom stereocenters. The van der Waals surface area contributed by atoms with Crippen LogP contribution in [0.1, 0.15) is 18.1 Å². The summed E-state index contributed by atoms with van der Waals surface area (Å²) in [4.78, 5) is 0. The molecular weight excluding hydrogens is 184 g/mol. The molecule has 0 aliphatic rings. The van der Waals surface area contributed by atoms with Gasteiger partial charge in [0.05, 0.1) is 13.2 Å². The Morgan fingerprint density at radius 2 is 2.00 bits per heavy atom. The third kappa shape index (κ3) is 2.94. The van der Waals surface area contributed by atoms with E-state index >= 15 is 0 Å². The lowest BCUT2D eigenvalue weighted by atomic mass is 10.1. The molecule has 2 nitrogen and oxygen atoms in total. The SMILES string of the molecule is COc1ccc(C(O)CCS)cc1. The lowest BCUT2D eigenvalue weighted by molar-refractivity contribution is 0.175. The minimum Gasteiger partial charge on any atom is -0.497 e. The zero-order valence-electron chi connectivity index (χ0n) is 7.60. The maximum atomic E-state index is 9.59. The highest BCUT2D eigenvalue weighted by Gasteiger charge is 2.05. The number of hydrogen-bond acceptors (Lipinski definition) is 3. The summed E-state index contributed by atoms with van der Waals surface area (Å²) in [6, 6.07) is 7.42. The van der Waals surface area contributed by atoms with E-state index in [1.807, 2.05) is 24.3 Å². The smallest absolute Gasteiger partial charge is 0.118 e. The van der Waals surface area contributed by atoms with Gasteiger partial charge in [-0.05, 0) is 29.9 Å². The predicted octanol–water partition coefficient (Wildman–Crippen LogP) is 2.05. The molecule has 0 amide bonds. The molecule has 0 fully saturated rings. The van der Waals surface area contributed by atoms with E-state index < -0.39 is 6.10 Å². The van der Waals surface area contributed by atoms with E-state index in [0.29, 0.717) is 12.2 Å². The van der Waals surface area contributed by atoms with Crippen molar-refractivity contribution in [2.24, 2.45) is 0 Å². The van der Waals surface area contributed by atoms with Crippen LogP contribution in [0.15, 0.2) is 24.3 Å². The first kappa shape index (κ1) is 10.4. The van der Waals surface area contributed by atoms with Crippen LogP contribution in [0, 0.1) is 0 Å². The largest absolute Gasteiger partial charge is 0.497 e. The lowest BCUT2D eigenvalue weighted by Crippen LogP contribution is -1.97. The molecule has 0 saturated carbocycles. The van der Waals surface area contributed by atoms with Crippen LogP contribution in [-0.2, 0) is 0 Å². The molecule has 0 aliphatic heterocycles. The Labute approximate surface area is 84.0 Å². The number of thiol groups is 1. The first-order chi connectivity index (χ1) is 6.27. The number of aliphatic hydroxyl groups excluding tert-OH is 1. The van der Waals surface area contributed by atoms with Crippen molar-refractivity contribution in [3.8, 4) is 5.75 Å². The van der Waals surface area contributed by atoms with Crippen molar-refractivity contribution >= 4 is 12.6 Å². The van der Waals surface area contributed by atoms with E-state index in [2.05, 4.69) is 12.6 Å². The van der Waals surface area contributed by atoms with Gasteiger partial charge in [0.15, 0.2) is 0 Å². The number of aliphatic hydroxyl groups is 1. The molecule has 1 N–H and O–H groups in total. The van der Waals surface area contributed by atoms with Crippen molar-refractivity contribution in [2.75, 3.05) is 12.9 Å². The van der Waals surface area contributed by atoms with Crippen molar-refractivity contribution in [1.29, 1.82) is 0 Å². The molecule has 1 aromatic carbocycles. The Balaban J connectivity index is 2.67. The fourth-order valence-corrected chi connectivity index (χ4v) is 1.36. The number of hydrogen-bond donors (Lipinski definition) is 2. The van der Waals surface area contributed by atoms with Gasteiger partial charge in [-0.1, -0.05) is 12.1 Å². The average Bonchev–Trinajstić information content (AvgIpc) is 2.18. The van der Waals surface area contributed by atoms with E-state index in [-0.39, 0.29) is 0 Å². The molecule has 0 bridgehead atoms. The summed E-state index contributed by atoms with van der Waals surface area (Å²) in [6.45, 7) is 0. The van der Waals surface area contributed by atoms with E-state index in [4.69, 9.17) is 4.74 Å². The van der Waals surface area contributed by atoms with E-state index in [1.54, 1.807) is 7.11 Å². The molecule has 0 aliphatic carbocycles. The van der Waals surface area contributed by atoms with Crippen molar-refractivity contribution in [1.82, 2.24) is 0 Å². The summed E-state index contributed by atoms with van der Waals surface area (Å²) in [5, 5.41) is 9.59. The molecular formula is C10H14O2S. The molecule has 3 heteroatoms. The zero-order valence-corrected chi connectivity index (χ0v) is 8.50. The summed E-state index contributed by atoms with van der Waals surface area (Å²) >= 11 is 4.06. The highest BCUT2D eigenvalue weighted by atomic mass is 32.1. The first-order valence-corrected chi connectivity index (χ1v) is 4.84. The first-order valence-electron chi connectivity index (χ1n) is 4.21. The van der Waals surface area contributed by atoms with E-state index in [0.717, 1.165) is 11.3 Å². The second kappa shape index (κ2) is 5.14. The molecule has 72 valence electrons. The molecule has 1 rings (SSSR count). The molecule has 0 heterocycles. The fraction of sp³-hybridized carbons (Fsp3) is 0.400. The maximum Gasteiger partial charge on any atom is 0.118 e. The van der Waals surface area contributed by atoms with Gasteiger partial charge in [-0.2, -0.15) is 12.6 Å². The summed E-state index contributed by atoms with van der Waals surface area (Å²) < 4.78 is 5.01. The Bertz CT molecular complexity index is 246. The molecule has 0 aromatic heterocycles. The molecule has 13 heavy (non-hydrogen) atoms. The summed E-state index contributed by atoms with van der Waals surface area (Å²) in [5.74, 6) is 1.49. The average molecular weight is 198 g/mol. The van der Waals surface area contributed by atoms with Gasteiger partial charge in [0.1, 0.15) is 5.75 Å². The zero-order chi connectivity index (χ0) is 9.68. The normalized spacial score (nSPS) is 12.5. The molecule has 0 spiro atoms. The second-order valence-corrected chi connectivity index (χ2v) is 3.25. The van der Waals surface area contributed by atoms with Crippen molar-refractivity contribution in [3.05, 3.63) is 29.8 Å². The van der Waals surface area contributed by atoms with Gasteiger partial charge in [-0.25, -0.2) is 0 Å². The molecule has 1 aromatic rings. The predicted molar refractivity (Wildman–Crippen MR) is 56.4 cm³/mol. The van der Waals surface area contributed by atoms with Crippen molar-refractivity contribution in [3.63, 3.8) is 0 Å². The Kier molecular flexibility index (Phi) is 4.12. The Morgan fingerprint density at radius 3 is 2.46 bits per heavy atom. The van der Waals surface area contributed by atoms with Crippen LogP contribution >= 0.6 is 12.6 Å². The maximum absolute atomic E-state index is 9.59. The monoisotopic (exact) mass is 198 g/mol. The van der Waals surface area contributed by atoms with Crippen LogP contribution in [0.4, 0.5) is 0 Å². The number of benzene rings is 1. The van der Waals surface area contributed by atoms with Crippen LogP contribution < -0.4 is 4.74 Å². The van der Waals surface area contributed by atoms with Crippen molar-refractivity contribution < 1.29 is 9.84 Å². The van der Waals surface area contributed by atoms with E-state index in [1.165, 1.54) is 0 Å². The van der Waals surface area contributed by atoms with Gasteiger partial charge in [-0.15, -0.1) is 0 Å². The molecule has 1 atom stereocenters. The third-order valence-corrected chi connectivity index (χ3v) is 2.16. The van der Waals surface area contributed by atoms with Crippen LogP contribution in [0.3, 0.4) is 0 Å². The van der Waals surface area contributed by atoms with Gasteiger partial charge in [-0.3, -0.25) is 0 Å². The third-order valence-electron chi connectivity index (χ3n) is 1.90. The van der Waals surface area contributed by atoms with Gasteiger partial charge in [0.25, 0.3) is 0 Å². The fourth-order valence-electron chi connectivity index (χ4n) is 1.12. The van der Waals surface area contributed by atoms with Crippen LogP contribution in [0.2, 0.25) is 0 Å². The van der Waals surface area contributed by atoms with Crippen LogP contribution in [0.5, 0.6) is 5.75 Å². The minimum absolute atomic E-state index is 0.414. The van der Waals surface area contributed by atoms with Gasteiger partial charge < -0.3 is 9.84 Å². The van der Waals surface area contributed by atoms with Crippen LogP contribution in [0.25, 0.3) is 0 Å². The van der Waals surface area contributed by atoms with E-state index in [9.17, 15) is 5.11 Å². The highest BCUT2D eigenvalue weighted by Crippen LogP contribution is 2.19. The number of methoxy groups -OCH3 is 1. The van der Waals surface area contributed by atoms with Crippen LogP contribution in [-0.4, -0.2) is 18.0 Å². The number of rotatable bonds is 4. The van der Waals surface area contributed by atoms with Gasteiger partial charge in [0.2, 0.25) is 0 Å². The summed E-state index contributed by atoms with van der Waals surface area (Å²) in [5.41, 5.74) is 0.912. The highest BCUT2D eigenvalue weighted by molar-refractivity contribution is 7.80. The standard InChI is InChI=1S/C10H14O2S/c1-12-9-4-2-8(3-5-9)10(11)6-7-13/h2-5,10-11,13H,6-7H2,1H3. The molecule has 0 saturated heterocycles.